The number of nitro benzene ring substituents is 1. The van der Waals surface area contributed by atoms with E-state index in [1.165, 1.54) is 28.7 Å². The van der Waals surface area contributed by atoms with Crippen molar-refractivity contribution in [3.63, 3.8) is 0 Å². The zero-order valence-corrected chi connectivity index (χ0v) is 15.1. The van der Waals surface area contributed by atoms with Crippen LogP contribution in [0.3, 0.4) is 0 Å². The molecule has 1 saturated carbocycles. The van der Waals surface area contributed by atoms with Crippen molar-refractivity contribution in [2.75, 3.05) is 13.1 Å². The molecule has 2 atom stereocenters. The highest BCUT2D eigenvalue weighted by Gasteiger charge is 2.57. The van der Waals surface area contributed by atoms with Gasteiger partial charge in [-0.3, -0.25) is 19.9 Å². The van der Waals surface area contributed by atoms with Crippen LogP contribution in [0.25, 0.3) is 10.9 Å². The molecular weight excluding hydrogens is 374 g/mol. The lowest BCUT2D eigenvalue weighted by Gasteiger charge is -2.23. The van der Waals surface area contributed by atoms with Crippen molar-refractivity contribution in [3.8, 4) is 0 Å². The van der Waals surface area contributed by atoms with E-state index in [0.717, 1.165) is 12.5 Å². The molecule has 1 saturated heterocycles. The fraction of sp³-hybridized carbons (Fsp3) is 0.412. The number of carboxylic acid groups (broad SMARTS) is 1. The van der Waals surface area contributed by atoms with E-state index in [1.54, 1.807) is 0 Å². The predicted molar refractivity (Wildman–Crippen MR) is 94.6 cm³/mol. The van der Waals surface area contributed by atoms with Gasteiger partial charge in [-0.05, 0) is 37.0 Å². The Labute approximate surface area is 154 Å². The van der Waals surface area contributed by atoms with Gasteiger partial charge in [-0.25, -0.2) is 8.42 Å². The summed E-state index contributed by atoms with van der Waals surface area (Å²) in [7, 11) is -4.04. The lowest BCUT2D eigenvalue weighted by atomic mass is 9.81. The van der Waals surface area contributed by atoms with E-state index in [0.29, 0.717) is 12.8 Å². The maximum Gasteiger partial charge on any atom is 0.311 e. The highest BCUT2D eigenvalue weighted by atomic mass is 32.2. The maximum atomic E-state index is 13.2. The Balaban J connectivity index is 1.81. The number of nitrogens with zero attached hydrogens (tertiary/aromatic N) is 3. The molecule has 27 heavy (non-hydrogen) atoms. The van der Waals surface area contributed by atoms with Crippen LogP contribution in [0.4, 0.5) is 5.69 Å². The first-order valence-corrected chi connectivity index (χ1v) is 9.97. The zero-order chi connectivity index (χ0) is 19.4. The Morgan fingerprint density at radius 3 is 2.81 bits per heavy atom. The van der Waals surface area contributed by atoms with Crippen LogP contribution in [0, 0.1) is 21.4 Å². The van der Waals surface area contributed by atoms with Gasteiger partial charge >= 0.3 is 5.97 Å². The van der Waals surface area contributed by atoms with Crippen LogP contribution in [0.1, 0.15) is 19.3 Å². The SMILES string of the molecule is O=C(O)[C@@]12CCC[C@H]1CN(S(=O)(=O)c1ccc([N+](=O)[O-])c3cccnc13)C2. The second-order valence-electron chi connectivity index (χ2n) is 7.09. The average molecular weight is 391 g/mol. The van der Waals surface area contributed by atoms with Gasteiger partial charge in [-0.15, -0.1) is 0 Å². The number of carbonyl (C=O) groups is 1. The van der Waals surface area contributed by atoms with E-state index >= 15 is 0 Å². The number of nitro groups is 1. The maximum absolute atomic E-state index is 13.2. The summed E-state index contributed by atoms with van der Waals surface area (Å²) >= 11 is 0. The lowest BCUT2D eigenvalue weighted by Crippen LogP contribution is -2.37. The van der Waals surface area contributed by atoms with Gasteiger partial charge in [0.2, 0.25) is 10.0 Å². The van der Waals surface area contributed by atoms with Crippen molar-refractivity contribution >= 4 is 32.6 Å². The molecule has 0 unspecified atom stereocenters. The summed E-state index contributed by atoms with van der Waals surface area (Å²) in [5.74, 6) is -1.18. The molecule has 2 aromatic rings. The number of rotatable bonds is 4. The number of pyridine rings is 1. The van der Waals surface area contributed by atoms with Crippen LogP contribution in [0.15, 0.2) is 35.4 Å². The van der Waals surface area contributed by atoms with Crippen LogP contribution in [0.5, 0.6) is 0 Å². The monoisotopic (exact) mass is 391 g/mol. The van der Waals surface area contributed by atoms with E-state index in [9.17, 15) is 28.4 Å². The molecule has 1 aliphatic heterocycles. The van der Waals surface area contributed by atoms with Gasteiger partial charge in [-0.1, -0.05) is 6.42 Å². The van der Waals surface area contributed by atoms with Gasteiger partial charge in [0, 0.05) is 25.4 Å². The summed E-state index contributed by atoms with van der Waals surface area (Å²) in [4.78, 5) is 26.4. The summed E-state index contributed by atoms with van der Waals surface area (Å²) in [6.45, 7) is 0.0561. The second-order valence-corrected chi connectivity index (χ2v) is 8.99. The predicted octanol–water partition coefficient (Wildman–Crippen LogP) is 2.02. The number of non-ortho nitro benzene ring substituents is 1. The van der Waals surface area contributed by atoms with Crippen molar-refractivity contribution in [2.45, 2.75) is 24.2 Å². The minimum absolute atomic E-state index is 0.0214. The molecule has 1 aliphatic carbocycles. The van der Waals surface area contributed by atoms with Crippen molar-refractivity contribution in [2.24, 2.45) is 11.3 Å². The lowest BCUT2D eigenvalue weighted by molar-refractivity contribution is -0.383. The second kappa shape index (κ2) is 5.96. The topological polar surface area (TPSA) is 131 Å². The fourth-order valence-corrected chi connectivity index (χ4v) is 6.12. The molecule has 2 aliphatic rings. The first-order valence-electron chi connectivity index (χ1n) is 8.53. The first-order chi connectivity index (χ1) is 12.8. The first kappa shape index (κ1) is 17.8. The van der Waals surface area contributed by atoms with Crippen LogP contribution < -0.4 is 0 Å². The number of hydrogen-bond donors (Lipinski definition) is 1. The molecule has 0 spiro atoms. The molecule has 10 heteroatoms. The number of aliphatic carboxylic acids is 1. The quantitative estimate of drug-likeness (QED) is 0.623. The van der Waals surface area contributed by atoms with Crippen molar-refractivity contribution in [1.82, 2.24) is 9.29 Å². The number of sulfonamides is 1. The number of benzene rings is 1. The number of hydrogen-bond acceptors (Lipinski definition) is 6. The van der Waals surface area contributed by atoms with Crippen molar-refractivity contribution in [3.05, 3.63) is 40.6 Å². The van der Waals surface area contributed by atoms with E-state index in [4.69, 9.17) is 0 Å². The van der Waals surface area contributed by atoms with Gasteiger partial charge in [-0.2, -0.15) is 4.31 Å². The third-order valence-electron chi connectivity index (χ3n) is 5.79. The molecule has 2 fully saturated rings. The van der Waals surface area contributed by atoms with E-state index < -0.39 is 26.3 Å². The molecule has 142 valence electrons. The normalized spacial score (nSPS) is 25.6. The van der Waals surface area contributed by atoms with Gasteiger partial charge in [0.25, 0.3) is 5.69 Å². The van der Waals surface area contributed by atoms with Crippen molar-refractivity contribution in [1.29, 1.82) is 0 Å². The Kier molecular flexibility index (Phi) is 3.93. The van der Waals surface area contributed by atoms with Gasteiger partial charge in [0.15, 0.2) is 0 Å². The van der Waals surface area contributed by atoms with Crippen LogP contribution in [-0.2, 0) is 14.8 Å². The van der Waals surface area contributed by atoms with Gasteiger partial charge in [0.1, 0.15) is 4.90 Å². The fourth-order valence-electron chi connectivity index (χ4n) is 4.41. The molecule has 1 N–H and O–H groups in total. The molecule has 1 aromatic carbocycles. The zero-order valence-electron chi connectivity index (χ0n) is 14.2. The van der Waals surface area contributed by atoms with Crippen LogP contribution in [-0.4, -0.2) is 46.8 Å². The van der Waals surface area contributed by atoms with Crippen LogP contribution in [0.2, 0.25) is 0 Å². The molecule has 4 rings (SSSR count). The Morgan fingerprint density at radius 2 is 2.15 bits per heavy atom. The number of fused-ring (bicyclic) bond motifs is 2. The third-order valence-corrected chi connectivity index (χ3v) is 7.63. The molecule has 2 heterocycles. The largest absolute Gasteiger partial charge is 0.481 e. The third kappa shape index (κ3) is 2.51. The number of aromatic nitrogens is 1. The smallest absolute Gasteiger partial charge is 0.311 e. The molecule has 0 amide bonds. The molecule has 9 nitrogen and oxygen atoms in total. The standard InChI is InChI=1S/C17H17N3O6S/c21-16(22)17-7-1-3-11(17)9-19(10-17)27(25,26)14-6-5-13(20(23)24)12-4-2-8-18-15(12)14/h2,4-6,8,11H,1,3,7,9-10H2,(H,21,22)/t11-,17+/m0/s1. The van der Waals surface area contributed by atoms with Gasteiger partial charge < -0.3 is 5.11 Å². The molecular formula is C17H17N3O6S. The van der Waals surface area contributed by atoms with E-state index in [-0.39, 0.29) is 40.5 Å². The minimum Gasteiger partial charge on any atom is -0.481 e. The van der Waals surface area contributed by atoms with Crippen LogP contribution >= 0.6 is 0 Å². The van der Waals surface area contributed by atoms with E-state index in [2.05, 4.69) is 4.98 Å². The van der Waals surface area contributed by atoms with E-state index in [1.807, 2.05) is 0 Å². The Bertz CT molecular complexity index is 1070. The summed E-state index contributed by atoms with van der Waals surface area (Å²) in [5.41, 5.74) is -1.25. The Morgan fingerprint density at radius 1 is 1.37 bits per heavy atom. The Hall–Kier alpha value is -2.59. The molecule has 1 aromatic heterocycles. The molecule has 0 radical (unpaired) electrons. The van der Waals surface area contributed by atoms with Crippen molar-refractivity contribution < 1.29 is 23.2 Å². The summed E-state index contributed by atoms with van der Waals surface area (Å²) in [5, 5.41) is 21.1. The average Bonchev–Trinajstić information content (AvgIpc) is 3.19. The summed E-state index contributed by atoms with van der Waals surface area (Å²) < 4.78 is 27.7. The summed E-state index contributed by atoms with van der Waals surface area (Å²) in [6.07, 6.45) is 3.28. The number of carboxylic acids is 1. The highest BCUT2D eigenvalue weighted by molar-refractivity contribution is 7.89. The highest BCUT2D eigenvalue weighted by Crippen LogP contribution is 2.50. The summed E-state index contributed by atoms with van der Waals surface area (Å²) in [6, 6.07) is 5.30. The molecule has 0 bridgehead atoms. The van der Waals surface area contributed by atoms with Gasteiger partial charge in [0.05, 0.1) is 21.2 Å². The minimum atomic E-state index is -4.04.